The molecule has 1 unspecified atom stereocenters. The lowest BCUT2D eigenvalue weighted by molar-refractivity contribution is 0.00755. The van der Waals surface area contributed by atoms with Crippen molar-refractivity contribution < 1.29 is 21.2 Å². The minimum atomic E-state index is -3.10. The Morgan fingerprint density at radius 2 is 1.78 bits per heavy atom. The van der Waals surface area contributed by atoms with Crippen LogP contribution in [-0.4, -0.2) is 40.6 Å². The van der Waals surface area contributed by atoms with Crippen LogP contribution >= 0.6 is 0 Å². The van der Waals surface area contributed by atoms with Crippen LogP contribution in [0.15, 0.2) is 42.7 Å². The Kier molecular flexibility index (Phi) is 9.43. The molecule has 1 fully saturated rings. The Morgan fingerprint density at radius 3 is 2.39 bits per heavy atom. The molecule has 0 saturated carbocycles. The van der Waals surface area contributed by atoms with Gasteiger partial charge in [-0.1, -0.05) is 32.9 Å². The highest BCUT2D eigenvalue weighted by molar-refractivity contribution is 6.06. The van der Waals surface area contributed by atoms with Crippen molar-refractivity contribution in [2.45, 2.75) is 59.3 Å². The van der Waals surface area contributed by atoms with Gasteiger partial charge in [-0.05, 0) is 55.4 Å². The Labute approximate surface area is 214 Å². The van der Waals surface area contributed by atoms with Crippen molar-refractivity contribution in [1.82, 2.24) is 20.3 Å². The molecular weight excluding hydrogens is 462 g/mol. The summed E-state index contributed by atoms with van der Waals surface area (Å²) in [7, 11) is 0. The van der Waals surface area contributed by atoms with Crippen LogP contribution in [-0.2, 0) is 10.7 Å². The summed E-state index contributed by atoms with van der Waals surface area (Å²) in [6.07, 6.45) is 4.56. The molecule has 3 heterocycles. The summed E-state index contributed by atoms with van der Waals surface area (Å²) in [5, 5.41) is 3.82. The SMILES string of the molecule is CC(C)C.Cc1ccc2c(C(=O)NCC(c3cnc(C(C)(F)F)nc3)C3CCOCC3)cccc2n1.[HH].[HH]. The molecule has 1 aliphatic heterocycles. The number of alkyl halides is 2. The fourth-order valence-electron chi connectivity index (χ4n) is 4.18. The smallest absolute Gasteiger partial charge is 0.303 e. The highest BCUT2D eigenvalue weighted by Gasteiger charge is 2.30. The second-order valence-electron chi connectivity index (χ2n) is 10.1. The van der Waals surface area contributed by atoms with E-state index in [0.29, 0.717) is 25.3 Å². The van der Waals surface area contributed by atoms with Crippen molar-refractivity contribution in [3.8, 4) is 0 Å². The average molecular weight is 503 g/mol. The lowest BCUT2D eigenvalue weighted by atomic mass is 9.82. The molecule has 36 heavy (non-hydrogen) atoms. The first-order valence-electron chi connectivity index (χ1n) is 12.5. The lowest BCUT2D eigenvalue weighted by Crippen LogP contribution is -2.34. The van der Waals surface area contributed by atoms with Gasteiger partial charge in [0.2, 0.25) is 0 Å². The van der Waals surface area contributed by atoms with E-state index in [2.05, 4.69) is 41.0 Å². The highest BCUT2D eigenvalue weighted by Crippen LogP contribution is 2.32. The van der Waals surface area contributed by atoms with Gasteiger partial charge in [0.25, 0.3) is 5.91 Å². The summed E-state index contributed by atoms with van der Waals surface area (Å²) in [6, 6.07) is 9.26. The number of amides is 1. The Hall–Kier alpha value is -3.00. The van der Waals surface area contributed by atoms with Gasteiger partial charge >= 0.3 is 5.92 Å². The summed E-state index contributed by atoms with van der Waals surface area (Å²) >= 11 is 0. The number of fused-ring (bicyclic) bond motifs is 1. The molecule has 198 valence electrons. The largest absolute Gasteiger partial charge is 0.381 e. The van der Waals surface area contributed by atoms with Crippen LogP contribution in [0.3, 0.4) is 0 Å². The van der Waals surface area contributed by atoms with Gasteiger partial charge < -0.3 is 10.1 Å². The number of pyridine rings is 1. The van der Waals surface area contributed by atoms with Gasteiger partial charge in [-0.25, -0.2) is 9.97 Å². The van der Waals surface area contributed by atoms with E-state index in [0.717, 1.165) is 47.8 Å². The van der Waals surface area contributed by atoms with E-state index in [1.807, 2.05) is 31.2 Å². The van der Waals surface area contributed by atoms with Gasteiger partial charge in [0.05, 0.1) is 5.52 Å². The molecule has 3 aromatic rings. The van der Waals surface area contributed by atoms with Crippen LogP contribution in [0.4, 0.5) is 8.78 Å². The molecule has 0 spiro atoms. The standard InChI is InChI=1S/C24H26F2N4O2.C4H10.2H2/c1-15-6-7-18-19(4-3-5-21(18)30-15)22(31)27-14-20(16-8-10-32-11-9-16)17-12-28-23(29-13-17)24(2,25)26;1-4(2)3;;/h3-7,12-13,16,20H,8-11,14H2,1-2H3,(H,27,31);4H,1-3H3;2*1H. The molecule has 1 amide bonds. The van der Waals surface area contributed by atoms with Crippen molar-refractivity contribution in [1.29, 1.82) is 0 Å². The van der Waals surface area contributed by atoms with Gasteiger partial charge in [0.1, 0.15) is 0 Å². The van der Waals surface area contributed by atoms with Crippen LogP contribution < -0.4 is 5.32 Å². The number of ether oxygens (including phenoxy) is 1. The normalized spacial score (nSPS) is 15.3. The number of aromatic nitrogens is 3. The first-order chi connectivity index (χ1) is 17.1. The van der Waals surface area contributed by atoms with Crippen molar-refractivity contribution in [2.24, 2.45) is 11.8 Å². The predicted molar refractivity (Wildman–Crippen MR) is 141 cm³/mol. The van der Waals surface area contributed by atoms with E-state index in [1.165, 1.54) is 12.4 Å². The van der Waals surface area contributed by atoms with E-state index in [-0.39, 0.29) is 20.6 Å². The number of benzene rings is 1. The maximum Gasteiger partial charge on any atom is 0.303 e. The lowest BCUT2D eigenvalue weighted by Gasteiger charge is -2.30. The van der Waals surface area contributed by atoms with Gasteiger partial charge in [0.15, 0.2) is 5.82 Å². The fraction of sp³-hybridized carbons (Fsp3) is 0.500. The minimum Gasteiger partial charge on any atom is -0.381 e. The molecule has 2 aromatic heterocycles. The van der Waals surface area contributed by atoms with Crippen molar-refractivity contribution in [3.63, 3.8) is 0 Å². The Balaban J connectivity index is 0.00000113. The van der Waals surface area contributed by atoms with E-state index < -0.39 is 11.7 Å². The average Bonchev–Trinajstić information content (AvgIpc) is 2.83. The molecule has 6 nitrogen and oxygen atoms in total. The topological polar surface area (TPSA) is 77.0 Å². The van der Waals surface area contributed by atoms with Crippen LogP contribution in [0, 0.1) is 18.8 Å². The number of carbonyl (C=O) groups is 1. The number of halogens is 2. The fourth-order valence-corrected chi connectivity index (χ4v) is 4.18. The third kappa shape index (κ3) is 7.50. The number of carbonyl (C=O) groups excluding carboxylic acids is 1. The number of nitrogens with zero attached hydrogens (tertiary/aromatic N) is 3. The van der Waals surface area contributed by atoms with Gasteiger partial charge in [-0.3, -0.25) is 9.78 Å². The number of aryl methyl sites for hydroxylation is 1. The summed E-state index contributed by atoms with van der Waals surface area (Å²) < 4.78 is 32.5. The first-order valence-corrected chi connectivity index (χ1v) is 12.5. The van der Waals surface area contributed by atoms with Crippen LogP contribution in [0.1, 0.15) is 76.7 Å². The maximum atomic E-state index is 13.5. The molecule has 1 aliphatic rings. The Morgan fingerprint density at radius 1 is 1.14 bits per heavy atom. The zero-order chi connectivity index (χ0) is 26.3. The Bertz CT molecular complexity index is 1150. The van der Waals surface area contributed by atoms with Crippen LogP contribution in [0.2, 0.25) is 0 Å². The molecule has 1 saturated heterocycles. The van der Waals surface area contributed by atoms with E-state index >= 15 is 0 Å². The molecule has 1 N–H and O–H groups in total. The first kappa shape index (κ1) is 27.6. The van der Waals surface area contributed by atoms with Crippen LogP contribution in [0.25, 0.3) is 10.9 Å². The number of rotatable bonds is 6. The molecule has 1 atom stereocenters. The quantitative estimate of drug-likeness (QED) is 0.414. The molecule has 1 aromatic carbocycles. The van der Waals surface area contributed by atoms with Gasteiger partial charge in [-0.15, -0.1) is 0 Å². The van der Waals surface area contributed by atoms with Crippen molar-refractivity contribution in [2.75, 3.05) is 19.8 Å². The van der Waals surface area contributed by atoms with E-state index in [9.17, 15) is 13.6 Å². The number of hydrogen-bond acceptors (Lipinski definition) is 5. The molecule has 0 aliphatic carbocycles. The third-order valence-corrected chi connectivity index (χ3v) is 5.93. The number of nitrogens with one attached hydrogen (secondary N) is 1. The molecule has 0 radical (unpaired) electrons. The van der Waals surface area contributed by atoms with Crippen molar-refractivity contribution >= 4 is 16.8 Å². The summed E-state index contributed by atoms with van der Waals surface area (Å²) in [6.45, 7) is 10.8. The third-order valence-electron chi connectivity index (χ3n) is 5.93. The molecule has 8 heteroatoms. The zero-order valence-corrected chi connectivity index (χ0v) is 21.7. The zero-order valence-electron chi connectivity index (χ0n) is 21.7. The van der Waals surface area contributed by atoms with E-state index in [4.69, 9.17) is 4.74 Å². The highest BCUT2D eigenvalue weighted by atomic mass is 19.3. The van der Waals surface area contributed by atoms with E-state index in [1.54, 1.807) is 6.07 Å². The summed E-state index contributed by atoms with van der Waals surface area (Å²) in [4.78, 5) is 25.3. The van der Waals surface area contributed by atoms with Crippen LogP contribution in [0.5, 0.6) is 0 Å². The molecular formula is C28H40F2N4O2. The molecule has 0 bridgehead atoms. The maximum absolute atomic E-state index is 13.5. The van der Waals surface area contributed by atoms with Gasteiger partial charge in [-0.2, -0.15) is 8.78 Å². The molecule has 4 rings (SSSR count). The second-order valence-corrected chi connectivity index (χ2v) is 10.1. The minimum absolute atomic E-state index is 0. The predicted octanol–water partition coefficient (Wildman–Crippen LogP) is 6.54. The summed E-state index contributed by atoms with van der Waals surface area (Å²) in [5.74, 6) is -2.83. The summed E-state index contributed by atoms with van der Waals surface area (Å²) in [5.41, 5.74) is 2.94. The monoisotopic (exact) mass is 502 g/mol. The van der Waals surface area contributed by atoms with Crippen molar-refractivity contribution in [3.05, 3.63) is 65.4 Å². The van der Waals surface area contributed by atoms with Gasteiger partial charge in [0, 0.05) is 64.5 Å². The number of hydrogen-bond donors (Lipinski definition) is 1. The second kappa shape index (κ2) is 12.3.